The maximum absolute atomic E-state index is 7.34. The van der Waals surface area contributed by atoms with Gasteiger partial charge in [0, 0.05) is 23.9 Å². The molecule has 0 unspecified atom stereocenters. The first-order valence-electron chi connectivity index (χ1n) is 6.85. The molecular formula is C16H15N5O2. The van der Waals surface area contributed by atoms with Gasteiger partial charge in [-0.05, 0) is 36.4 Å². The van der Waals surface area contributed by atoms with Crippen LogP contribution in [0.5, 0.6) is 0 Å². The van der Waals surface area contributed by atoms with Gasteiger partial charge in [-0.2, -0.15) is 0 Å². The fourth-order valence-corrected chi connectivity index (χ4v) is 2.09. The van der Waals surface area contributed by atoms with Crippen molar-refractivity contribution < 1.29 is 8.83 Å². The van der Waals surface area contributed by atoms with Crippen molar-refractivity contribution in [3.8, 4) is 11.5 Å². The lowest BCUT2D eigenvalue weighted by Crippen LogP contribution is -2.11. The van der Waals surface area contributed by atoms with E-state index in [0.29, 0.717) is 29.3 Å². The van der Waals surface area contributed by atoms with Gasteiger partial charge in [-0.3, -0.25) is 15.8 Å². The number of amidine groups is 2. The number of nitrogens with one attached hydrogen (secondary N) is 2. The van der Waals surface area contributed by atoms with E-state index in [0.717, 1.165) is 11.5 Å². The molecule has 6 N–H and O–H groups in total. The van der Waals surface area contributed by atoms with Gasteiger partial charge >= 0.3 is 0 Å². The number of furan rings is 2. The predicted octanol–water partition coefficient (Wildman–Crippen LogP) is 2.09. The smallest absolute Gasteiger partial charge is 0.170 e. The lowest BCUT2D eigenvalue weighted by Gasteiger charge is -2.00. The van der Waals surface area contributed by atoms with E-state index in [1.54, 1.807) is 36.5 Å². The van der Waals surface area contributed by atoms with Crippen molar-refractivity contribution in [3.05, 3.63) is 65.4 Å². The minimum Gasteiger partial charge on any atom is -0.457 e. The van der Waals surface area contributed by atoms with Gasteiger partial charge in [0.25, 0.3) is 0 Å². The summed E-state index contributed by atoms with van der Waals surface area (Å²) in [5.41, 5.74) is 12.2. The van der Waals surface area contributed by atoms with E-state index in [-0.39, 0.29) is 11.7 Å². The Hall–Kier alpha value is -3.35. The third-order valence-corrected chi connectivity index (χ3v) is 3.27. The molecule has 0 saturated carbocycles. The molecule has 0 spiro atoms. The Morgan fingerprint density at radius 1 is 0.913 bits per heavy atom. The average molecular weight is 309 g/mol. The standard InChI is InChI=1S/C16H15N5O2/c17-15(18)9-1-2-10(21-8-9)7-11-3-4-12(22-11)13-5-6-14(23-13)16(19)20/h1-6,8H,7H2,(H3,17,18)(H3,19,20). The van der Waals surface area contributed by atoms with Crippen LogP contribution in [-0.2, 0) is 6.42 Å². The van der Waals surface area contributed by atoms with Crippen LogP contribution in [0.4, 0.5) is 0 Å². The van der Waals surface area contributed by atoms with E-state index in [2.05, 4.69) is 4.98 Å². The van der Waals surface area contributed by atoms with E-state index in [9.17, 15) is 0 Å². The maximum Gasteiger partial charge on any atom is 0.170 e. The molecule has 3 heterocycles. The highest BCUT2D eigenvalue weighted by Crippen LogP contribution is 2.25. The first-order chi connectivity index (χ1) is 11.0. The van der Waals surface area contributed by atoms with Crippen LogP contribution in [0.15, 0.2) is 51.4 Å². The average Bonchev–Trinajstić information content (AvgIpc) is 3.16. The Morgan fingerprint density at radius 2 is 1.65 bits per heavy atom. The van der Waals surface area contributed by atoms with Gasteiger partial charge in [0.15, 0.2) is 23.1 Å². The molecule has 0 fully saturated rings. The zero-order chi connectivity index (χ0) is 16.4. The predicted molar refractivity (Wildman–Crippen MR) is 85.5 cm³/mol. The third-order valence-electron chi connectivity index (χ3n) is 3.27. The first-order valence-corrected chi connectivity index (χ1v) is 6.85. The summed E-state index contributed by atoms with van der Waals surface area (Å²) in [6, 6.07) is 10.5. The van der Waals surface area contributed by atoms with E-state index < -0.39 is 0 Å². The summed E-state index contributed by atoms with van der Waals surface area (Å²) in [5, 5.41) is 14.7. The van der Waals surface area contributed by atoms with Crippen molar-refractivity contribution in [2.75, 3.05) is 0 Å². The zero-order valence-electron chi connectivity index (χ0n) is 12.2. The second kappa shape index (κ2) is 5.80. The highest BCUT2D eigenvalue weighted by molar-refractivity contribution is 5.94. The third kappa shape index (κ3) is 3.13. The fraction of sp³-hybridized carbons (Fsp3) is 0.0625. The Balaban J connectivity index is 1.76. The van der Waals surface area contributed by atoms with Gasteiger partial charge in [0.05, 0.1) is 0 Å². The molecule has 3 rings (SSSR count). The van der Waals surface area contributed by atoms with E-state index in [4.69, 9.17) is 31.1 Å². The molecule has 0 aliphatic carbocycles. The lowest BCUT2D eigenvalue weighted by atomic mass is 10.2. The first kappa shape index (κ1) is 14.6. The monoisotopic (exact) mass is 309 g/mol. The van der Waals surface area contributed by atoms with Crippen molar-refractivity contribution in [1.82, 2.24) is 4.98 Å². The molecule has 3 aromatic heterocycles. The summed E-state index contributed by atoms with van der Waals surface area (Å²) in [6.07, 6.45) is 2.08. The molecular weight excluding hydrogens is 294 g/mol. The number of pyridine rings is 1. The summed E-state index contributed by atoms with van der Waals surface area (Å²) in [5.74, 6) is 1.97. The molecule has 0 radical (unpaired) electrons. The molecule has 23 heavy (non-hydrogen) atoms. The van der Waals surface area contributed by atoms with Crippen LogP contribution in [0.3, 0.4) is 0 Å². The van der Waals surface area contributed by atoms with Crippen LogP contribution in [0, 0.1) is 10.8 Å². The number of nitrogens with two attached hydrogens (primary N) is 2. The summed E-state index contributed by atoms with van der Waals surface area (Å²) in [6.45, 7) is 0. The number of hydrogen-bond acceptors (Lipinski definition) is 5. The number of nitrogens with zero attached hydrogens (tertiary/aromatic N) is 1. The van der Waals surface area contributed by atoms with Crippen molar-refractivity contribution in [1.29, 1.82) is 10.8 Å². The van der Waals surface area contributed by atoms with Crippen molar-refractivity contribution in [2.24, 2.45) is 11.5 Å². The van der Waals surface area contributed by atoms with Gasteiger partial charge in [-0.25, -0.2) is 0 Å². The van der Waals surface area contributed by atoms with E-state index in [1.807, 2.05) is 6.07 Å². The highest BCUT2D eigenvalue weighted by atomic mass is 16.4. The second-order valence-electron chi connectivity index (χ2n) is 4.97. The maximum atomic E-state index is 7.34. The quantitative estimate of drug-likeness (QED) is 0.422. The largest absolute Gasteiger partial charge is 0.457 e. The molecule has 0 amide bonds. The summed E-state index contributed by atoms with van der Waals surface area (Å²) >= 11 is 0. The molecule has 0 bridgehead atoms. The minimum absolute atomic E-state index is 0.0107. The van der Waals surface area contributed by atoms with Crippen LogP contribution in [0.25, 0.3) is 11.5 Å². The summed E-state index contributed by atoms with van der Waals surface area (Å²) < 4.78 is 11.2. The molecule has 0 atom stereocenters. The number of aromatic nitrogens is 1. The highest BCUT2D eigenvalue weighted by Gasteiger charge is 2.11. The Morgan fingerprint density at radius 3 is 2.26 bits per heavy atom. The molecule has 7 nitrogen and oxygen atoms in total. The number of nitrogen functional groups attached to an aromatic ring is 2. The topological polar surface area (TPSA) is 139 Å². The minimum atomic E-state index is -0.127. The second-order valence-corrected chi connectivity index (χ2v) is 4.97. The fourth-order valence-electron chi connectivity index (χ4n) is 2.09. The molecule has 0 aliphatic rings. The Labute approximate surface area is 131 Å². The van der Waals surface area contributed by atoms with E-state index >= 15 is 0 Å². The van der Waals surface area contributed by atoms with Crippen molar-refractivity contribution >= 4 is 11.7 Å². The molecule has 7 heteroatoms. The van der Waals surface area contributed by atoms with Gasteiger partial charge in [0.1, 0.15) is 11.6 Å². The zero-order valence-corrected chi connectivity index (χ0v) is 12.2. The van der Waals surface area contributed by atoms with Crippen LogP contribution < -0.4 is 11.5 Å². The lowest BCUT2D eigenvalue weighted by molar-refractivity contribution is 0.495. The van der Waals surface area contributed by atoms with Gasteiger partial charge in [-0.15, -0.1) is 0 Å². The van der Waals surface area contributed by atoms with Gasteiger partial charge in [0.2, 0.25) is 0 Å². The van der Waals surface area contributed by atoms with Gasteiger partial charge in [-0.1, -0.05) is 0 Å². The van der Waals surface area contributed by atoms with Crippen LogP contribution in [0.1, 0.15) is 22.8 Å². The Kier molecular flexibility index (Phi) is 3.68. The molecule has 0 aliphatic heterocycles. The SMILES string of the molecule is N=C(N)c1ccc(Cc2ccc(-c3ccc(C(=N)N)o3)o2)nc1. The normalized spacial score (nSPS) is 10.6. The van der Waals surface area contributed by atoms with Crippen LogP contribution in [-0.4, -0.2) is 16.7 Å². The molecule has 0 aromatic carbocycles. The van der Waals surface area contributed by atoms with Crippen molar-refractivity contribution in [2.45, 2.75) is 6.42 Å². The van der Waals surface area contributed by atoms with E-state index in [1.165, 1.54) is 0 Å². The number of hydrogen-bond donors (Lipinski definition) is 4. The molecule has 116 valence electrons. The van der Waals surface area contributed by atoms with Crippen molar-refractivity contribution in [3.63, 3.8) is 0 Å². The summed E-state index contributed by atoms with van der Waals surface area (Å²) in [7, 11) is 0. The molecule has 0 saturated heterocycles. The summed E-state index contributed by atoms with van der Waals surface area (Å²) in [4.78, 5) is 4.26. The van der Waals surface area contributed by atoms with Gasteiger partial charge < -0.3 is 20.3 Å². The Bertz CT molecular complexity index is 861. The number of rotatable bonds is 5. The molecule has 3 aromatic rings. The van der Waals surface area contributed by atoms with Crippen LogP contribution in [0.2, 0.25) is 0 Å². The van der Waals surface area contributed by atoms with Crippen LogP contribution >= 0.6 is 0 Å².